The van der Waals surface area contributed by atoms with Crippen molar-refractivity contribution in [1.29, 1.82) is 0 Å². The van der Waals surface area contributed by atoms with Crippen LogP contribution in [0.1, 0.15) is 28.7 Å². The molecular formula is C31H34O7. The number of carboxylic acids is 1. The van der Waals surface area contributed by atoms with Crippen LogP contribution in [0, 0.1) is 19.3 Å². The number of hydrogen-bond acceptors (Lipinski definition) is 6. The van der Waals surface area contributed by atoms with E-state index in [-0.39, 0.29) is 18.4 Å². The Hall–Kier alpha value is -3.39. The molecule has 3 aromatic rings. The highest BCUT2D eigenvalue weighted by atomic mass is 16.5. The molecule has 200 valence electrons. The standard InChI is InChI=1S/C31H34O7/c1-21-12-26(38-18-30(15-32)16-35-17-30)10-11-27(21)28-5-3-4-23(22(28)2)14-37-25-8-6-24(7-9-25)31(13-29(33)34)19-36-20-31/h3-12,32H,13-20H2,1-2H3,(H,33,34). The van der Waals surface area contributed by atoms with Crippen molar-refractivity contribution in [2.75, 3.05) is 39.6 Å². The fraction of sp³-hybridized carbons (Fsp3) is 0.387. The summed E-state index contributed by atoms with van der Waals surface area (Å²) in [7, 11) is 0. The monoisotopic (exact) mass is 518 g/mol. The summed E-state index contributed by atoms with van der Waals surface area (Å²) in [5.74, 6) is 0.699. The number of aryl methyl sites for hydroxylation is 1. The largest absolute Gasteiger partial charge is 0.493 e. The van der Waals surface area contributed by atoms with Crippen molar-refractivity contribution in [3.8, 4) is 22.6 Å². The van der Waals surface area contributed by atoms with Crippen LogP contribution in [-0.4, -0.2) is 55.8 Å². The number of aliphatic hydroxyl groups is 1. The van der Waals surface area contributed by atoms with E-state index in [1.807, 2.05) is 42.5 Å². The molecule has 38 heavy (non-hydrogen) atoms. The van der Waals surface area contributed by atoms with Gasteiger partial charge in [-0.15, -0.1) is 0 Å². The summed E-state index contributed by atoms with van der Waals surface area (Å²) in [4.78, 5) is 11.3. The van der Waals surface area contributed by atoms with E-state index in [0.29, 0.717) is 39.6 Å². The fourth-order valence-corrected chi connectivity index (χ4v) is 5.08. The van der Waals surface area contributed by atoms with E-state index in [1.54, 1.807) is 0 Å². The maximum atomic E-state index is 11.3. The van der Waals surface area contributed by atoms with Gasteiger partial charge in [-0.25, -0.2) is 0 Å². The minimum Gasteiger partial charge on any atom is -0.493 e. The van der Waals surface area contributed by atoms with Crippen LogP contribution in [0.3, 0.4) is 0 Å². The van der Waals surface area contributed by atoms with Crippen molar-refractivity contribution >= 4 is 5.97 Å². The summed E-state index contributed by atoms with van der Waals surface area (Å²) in [5.41, 5.74) is 5.86. The lowest BCUT2D eigenvalue weighted by Gasteiger charge is -2.40. The molecular weight excluding hydrogens is 484 g/mol. The SMILES string of the molecule is Cc1cc(OCC2(CO)COC2)ccc1-c1cccc(COc2ccc(C3(CC(=O)O)COC3)cc2)c1C. The smallest absolute Gasteiger partial charge is 0.304 e. The van der Waals surface area contributed by atoms with Gasteiger partial charge in [-0.3, -0.25) is 4.79 Å². The van der Waals surface area contributed by atoms with E-state index < -0.39 is 11.4 Å². The molecule has 0 radical (unpaired) electrons. The highest BCUT2D eigenvalue weighted by Crippen LogP contribution is 2.37. The Balaban J connectivity index is 1.25. The zero-order valence-corrected chi connectivity index (χ0v) is 21.9. The lowest BCUT2D eigenvalue weighted by Crippen LogP contribution is -2.49. The summed E-state index contributed by atoms with van der Waals surface area (Å²) >= 11 is 0. The first kappa shape index (κ1) is 26.2. The minimum absolute atomic E-state index is 0.0583. The Bertz CT molecular complexity index is 1280. The van der Waals surface area contributed by atoms with Gasteiger partial charge < -0.3 is 29.2 Å². The molecule has 0 amide bonds. The summed E-state index contributed by atoms with van der Waals surface area (Å²) in [6.45, 7) is 7.01. The molecule has 2 aliphatic rings. The van der Waals surface area contributed by atoms with Gasteiger partial charge in [0.25, 0.3) is 0 Å². The quantitative estimate of drug-likeness (QED) is 0.381. The van der Waals surface area contributed by atoms with E-state index in [2.05, 4.69) is 32.0 Å². The van der Waals surface area contributed by atoms with Gasteiger partial charge in [0.15, 0.2) is 0 Å². The number of aliphatic carboxylic acids is 1. The summed E-state index contributed by atoms with van der Waals surface area (Å²) < 4.78 is 22.7. The van der Waals surface area contributed by atoms with Crippen LogP contribution in [0.5, 0.6) is 11.5 Å². The maximum Gasteiger partial charge on any atom is 0.304 e. The maximum absolute atomic E-state index is 11.3. The van der Waals surface area contributed by atoms with Crippen molar-refractivity contribution in [2.24, 2.45) is 5.41 Å². The molecule has 0 aliphatic carbocycles. The van der Waals surface area contributed by atoms with Crippen molar-refractivity contribution in [3.05, 3.63) is 82.9 Å². The van der Waals surface area contributed by atoms with Crippen LogP contribution in [0.15, 0.2) is 60.7 Å². The van der Waals surface area contributed by atoms with E-state index >= 15 is 0 Å². The molecule has 2 fully saturated rings. The third kappa shape index (κ3) is 5.27. The number of carbonyl (C=O) groups is 1. The molecule has 0 saturated carbocycles. The lowest BCUT2D eigenvalue weighted by molar-refractivity contribution is -0.153. The zero-order valence-electron chi connectivity index (χ0n) is 21.9. The van der Waals surface area contributed by atoms with Crippen molar-refractivity contribution < 1.29 is 34.0 Å². The predicted octanol–water partition coefficient (Wildman–Crippen LogP) is 4.68. The Labute approximate surface area is 222 Å². The Kier molecular flexibility index (Phi) is 7.43. The molecule has 0 atom stereocenters. The topological polar surface area (TPSA) is 94.5 Å². The van der Waals surface area contributed by atoms with E-state index in [1.165, 1.54) is 0 Å². The first-order valence-corrected chi connectivity index (χ1v) is 12.9. The molecule has 2 saturated heterocycles. The number of rotatable bonds is 11. The zero-order chi connectivity index (χ0) is 26.8. The second-order valence-corrected chi connectivity index (χ2v) is 10.7. The average Bonchev–Trinajstić information content (AvgIpc) is 2.86. The Morgan fingerprint density at radius 3 is 2.18 bits per heavy atom. The Morgan fingerprint density at radius 2 is 1.61 bits per heavy atom. The van der Waals surface area contributed by atoms with Crippen LogP contribution < -0.4 is 9.47 Å². The molecule has 0 spiro atoms. The molecule has 2 aliphatic heterocycles. The average molecular weight is 519 g/mol. The van der Waals surface area contributed by atoms with Crippen LogP contribution in [-0.2, 0) is 26.3 Å². The normalized spacial score (nSPS) is 17.2. The van der Waals surface area contributed by atoms with Gasteiger partial charge in [-0.2, -0.15) is 0 Å². The first-order valence-electron chi connectivity index (χ1n) is 12.9. The molecule has 0 bridgehead atoms. The van der Waals surface area contributed by atoms with E-state index in [9.17, 15) is 15.0 Å². The third-order valence-electron chi connectivity index (χ3n) is 7.74. The molecule has 5 rings (SSSR count). The summed E-state index contributed by atoms with van der Waals surface area (Å²) in [6.07, 6.45) is 0.0596. The second kappa shape index (κ2) is 10.8. The van der Waals surface area contributed by atoms with Crippen molar-refractivity contribution in [1.82, 2.24) is 0 Å². The molecule has 7 heteroatoms. The number of hydrogen-bond donors (Lipinski definition) is 2. The molecule has 7 nitrogen and oxygen atoms in total. The van der Waals surface area contributed by atoms with Gasteiger partial charge in [-0.1, -0.05) is 36.4 Å². The van der Waals surface area contributed by atoms with Crippen LogP contribution >= 0.6 is 0 Å². The van der Waals surface area contributed by atoms with Crippen molar-refractivity contribution in [3.63, 3.8) is 0 Å². The second-order valence-electron chi connectivity index (χ2n) is 10.7. The molecule has 2 N–H and O–H groups in total. The number of carboxylic acid groups (broad SMARTS) is 1. The number of ether oxygens (including phenoxy) is 4. The van der Waals surface area contributed by atoms with Crippen LogP contribution in [0.2, 0.25) is 0 Å². The highest BCUT2D eigenvalue weighted by Gasteiger charge is 2.42. The van der Waals surface area contributed by atoms with Crippen LogP contribution in [0.4, 0.5) is 0 Å². The van der Waals surface area contributed by atoms with E-state index in [4.69, 9.17) is 18.9 Å². The number of benzene rings is 3. The van der Waals surface area contributed by atoms with Gasteiger partial charge >= 0.3 is 5.97 Å². The van der Waals surface area contributed by atoms with Gasteiger partial charge in [0.2, 0.25) is 0 Å². The highest BCUT2D eigenvalue weighted by molar-refractivity contribution is 5.72. The molecule has 0 aromatic heterocycles. The fourth-order valence-electron chi connectivity index (χ4n) is 5.08. The van der Waals surface area contributed by atoms with Gasteiger partial charge in [0.1, 0.15) is 24.7 Å². The molecule has 2 heterocycles. The minimum atomic E-state index is -0.819. The van der Waals surface area contributed by atoms with E-state index in [0.717, 1.165) is 44.9 Å². The molecule has 3 aromatic carbocycles. The van der Waals surface area contributed by atoms with Gasteiger partial charge in [0.05, 0.1) is 50.3 Å². The number of aliphatic hydroxyl groups excluding tert-OH is 1. The summed E-state index contributed by atoms with van der Waals surface area (Å²) in [6, 6.07) is 20.0. The third-order valence-corrected chi connectivity index (χ3v) is 7.74. The lowest BCUT2D eigenvalue weighted by atomic mass is 9.76. The van der Waals surface area contributed by atoms with Gasteiger partial charge in [-0.05, 0) is 71.5 Å². The first-order chi connectivity index (χ1) is 18.3. The van der Waals surface area contributed by atoms with Crippen LogP contribution in [0.25, 0.3) is 11.1 Å². The summed E-state index contributed by atoms with van der Waals surface area (Å²) in [5, 5.41) is 18.9. The van der Waals surface area contributed by atoms with Crippen molar-refractivity contribution in [2.45, 2.75) is 32.3 Å². The predicted molar refractivity (Wildman–Crippen MR) is 143 cm³/mol. The Morgan fingerprint density at radius 1 is 0.895 bits per heavy atom. The molecule has 0 unspecified atom stereocenters. The van der Waals surface area contributed by atoms with Gasteiger partial charge in [0, 0.05) is 0 Å².